The quantitative estimate of drug-likeness (QED) is 0.659. The zero-order valence-corrected chi connectivity index (χ0v) is 17.3. The minimum Gasteiger partial charge on any atom is -0.390 e. The van der Waals surface area contributed by atoms with E-state index in [2.05, 4.69) is 17.0 Å². The van der Waals surface area contributed by atoms with Crippen molar-refractivity contribution < 1.29 is 14.4 Å². The van der Waals surface area contributed by atoms with Crippen LogP contribution in [0.5, 0.6) is 0 Å². The van der Waals surface area contributed by atoms with Gasteiger partial charge in [-0.15, -0.1) is 0 Å². The van der Waals surface area contributed by atoms with Crippen LogP contribution in [-0.2, 0) is 11.3 Å². The van der Waals surface area contributed by atoms with E-state index in [1.54, 1.807) is 6.20 Å². The normalized spacial score (nSPS) is 22.8. The molecule has 2 fully saturated rings. The molecule has 1 spiro atoms. The summed E-state index contributed by atoms with van der Waals surface area (Å²) >= 11 is 0. The van der Waals surface area contributed by atoms with E-state index in [-0.39, 0.29) is 31.6 Å². The number of hydrogen-bond donors (Lipinski definition) is 2. The SMILES string of the molecule is C.Cc1nc(N2CCC3(CC2)CO[C@@H](C)[C@H]3N)c(CO)nc1-c1ccc2cnoc2c1. The molecule has 31 heavy (non-hydrogen) atoms. The van der Waals surface area contributed by atoms with Crippen molar-refractivity contribution in [3.8, 4) is 11.3 Å². The molecule has 2 atom stereocenters. The highest BCUT2D eigenvalue weighted by Crippen LogP contribution is 2.42. The molecule has 8 nitrogen and oxygen atoms in total. The highest BCUT2D eigenvalue weighted by atomic mass is 16.5. The Balaban J connectivity index is 0.00000231. The summed E-state index contributed by atoms with van der Waals surface area (Å²) < 4.78 is 11.1. The van der Waals surface area contributed by atoms with Crippen molar-refractivity contribution in [3.05, 3.63) is 35.8 Å². The summed E-state index contributed by atoms with van der Waals surface area (Å²) in [6.45, 7) is 6.22. The molecule has 1 aromatic carbocycles. The Morgan fingerprint density at radius 1 is 1.26 bits per heavy atom. The third-order valence-corrected chi connectivity index (χ3v) is 6.81. The van der Waals surface area contributed by atoms with E-state index in [9.17, 15) is 5.11 Å². The van der Waals surface area contributed by atoms with Crippen LogP contribution in [0.4, 0.5) is 5.82 Å². The Kier molecular flexibility index (Phi) is 5.72. The Hall–Kier alpha value is -2.55. The van der Waals surface area contributed by atoms with Crippen LogP contribution < -0.4 is 10.6 Å². The zero-order chi connectivity index (χ0) is 20.9. The minimum atomic E-state index is -0.165. The van der Waals surface area contributed by atoms with Crippen LogP contribution in [0.1, 0.15) is 38.6 Å². The molecule has 2 aliphatic heterocycles. The molecule has 2 saturated heterocycles. The molecule has 2 aliphatic rings. The number of aromatic nitrogens is 3. The predicted octanol–water partition coefficient (Wildman–Crippen LogP) is 3.05. The molecule has 2 aromatic heterocycles. The molecule has 0 amide bonds. The van der Waals surface area contributed by atoms with Gasteiger partial charge in [0.15, 0.2) is 11.4 Å². The second-order valence-electron chi connectivity index (χ2n) is 8.56. The molecular weight excluding hydrogens is 394 g/mol. The molecule has 5 rings (SSSR count). The second kappa shape index (κ2) is 8.18. The highest BCUT2D eigenvalue weighted by Gasteiger charge is 2.47. The van der Waals surface area contributed by atoms with Crippen LogP contribution in [-0.4, -0.2) is 52.1 Å². The van der Waals surface area contributed by atoms with Crippen LogP contribution in [0.15, 0.2) is 28.9 Å². The number of rotatable bonds is 3. The lowest BCUT2D eigenvalue weighted by Gasteiger charge is -2.42. The number of hydrogen-bond acceptors (Lipinski definition) is 8. The van der Waals surface area contributed by atoms with Gasteiger partial charge in [0.1, 0.15) is 5.69 Å². The average molecular weight is 426 g/mol. The van der Waals surface area contributed by atoms with E-state index < -0.39 is 0 Å². The monoisotopic (exact) mass is 425 g/mol. The van der Waals surface area contributed by atoms with Crippen molar-refractivity contribution in [3.63, 3.8) is 0 Å². The van der Waals surface area contributed by atoms with Gasteiger partial charge in [0.05, 0.1) is 36.9 Å². The molecule has 8 heteroatoms. The van der Waals surface area contributed by atoms with Crippen LogP contribution in [0.2, 0.25) is 0 Å². The van der Waals surface area contributed by atoms with Crippen molar-refractivity contribution in [1.29, 1.82) is 0 Å². The maximum Gasteiger partial charge on any atom is 0.167 e. The first kappa shape index (κ1) is 21.7. The number of benzene rings is 1. The first-order chi connectivity index (χ1) is 14.5. The van der Waals surface area contributed by atoms with Crippen LogP contribution in [0, 0.1) is 12.3 Å². The lowest BCUT2D eigenvalue weighted by molar-refractivity contribution is 0.0973. The number of aryl methyl sites for hydroxylation is 1. The molecule has 0 bridgehead atoms. The lowest BCUT2D eigenvalue weighted by Crippen LogP contribution is -2.51. The molecule has 166 valence electrons. The van der Waals surface area contributed by atoms with Gasteiger partial charge in [-0.2, -0.15) is 0 Å². The minimum absolute atomic E-state index is 0. The standard InChI is InChI=1S/C22H27N5O3.CH4/c1-13-19(15-3-4-16-10-24-30-18(16)9-15)26-17(11-28)21(25-13)27-7-5-22(6-8-27)12-29-14(2)20(22)23;/h3-4,9-10,14,20,28H,5-8,11-12,23H2,1-2H3;1H4/t14-,20+;/m0./s1. The second-order valence-corrected chi connectivity index (χ2v) is 8.56. The number of fused-ring (bicyclic) bond motifs is 1. The fraction of sp³-hybridized carbons (Fsp3) is 0.522. The van der Waals surface area contributed by atoms with E-state index in [0.717, 1.165) is 60.7 Å². The van der Waals surface area contributed by atoms with Gasteiger partial charge in [0.2, 0.25) is 0 Å². The van der Waals surface area contributed by atoms with Crippen molar-refractivity contribution >= 4 is 16.8 Å². The highest BCUT2D eigenvalue weighted by molar-refractivity contribution is 5.82. The van der Waals surface area contributed by atoms with Crippen LogP contribution in [0.25, 0.3) is 22.2 Å². The number of nitrogens with zero attached hydrogens (tertiary/aromatic N) is 4. The number of nitrogens with two attached hydrogens (primary N) is 1. The van der Waals surface area contributed by atoms with Gasteiger partial charge in [-0.1, -0.05) is 18.6 Å². The molecule has 3 aromatic rings. The largest absolute Gasteiger partial charge is 0.390 e. The molecule has 0 aliphatic carbocycles. The van der Waals surface area contributed by atoms with Crippen LogP contribution >= 0.6 is 0 Å². The van der Waals surface area contributed by atoms with Crippen molar-refractivity contribution in [1.82, 2.24) is 15.1 Å². The summed E-state index contributed by atoms with van der Waals surface area (Å²) in [7, 11) is 0. The van der Waals surface area contributed by atoms with Gasteiger partial charge in [0.25, 0.3) is 0 Å². The summed E-state index contributed by atoms with van der Waals surface area (Å²) in [5.74, 6) is 0.759. The van der Waals surface area contributed by atoms with Crippen LogP contribution in [0.3, 0.4) is 0 Å². The Bertz CT molecular complexity index is 1070. The van der Waals surface area contributed by atoms with E-state index in [4.69, 9.17) is 25.0 Å². The average Bonchev–Trinajstić information content (AvgIpc) is 3.34. The molecular formula is C23H31N5O3. The molecule has 0 saturated carbocycles. The van der Waals surface area contributed by atoms with E-state index in [1.807, 2.05) is 25.1 Å². The Morgan fingerprint density at radius 3 is 2.71 bits per heavy atom. The number of aliphatic hydroxyl groups is 1. The summed E-state index contributed by atoms with van der Waals surface area (Å²) in [6, 6.07) is 5.91. The molecule has 0 radical (unpaired) electrons. The number of aliphatic hydroxyl groups excluding tert-OH is 1. The van der Waals surface area contributed by atoms with Gasteiger partial charge in [-0.3, -0.25) is 0 Å². The zero-order valence-electron chi connectivity index (χ0n) is 17.3. The van der Waals surface area contributed by atoms with E-state index in [1.165, 1.54) is 0 Å². The fourth-order valence-corrected chi connectivity index (χ4v) is 4.82. The predicted molar refractivity (Wildman–Crippen MR) is 120 cm³/mol. The molecule has 3 N–H and O–H groups in total. The van der Waals surface area contributed by atoms with Gasteiger partial charge < -0.3 is 25.0 Å². The van der Waals surface area contributed by atoms with E-state index in [0.29, 0.717) is 11.3 Å². The number of piperidine rings is 1. The lowest BCUT2D eigenvalue weighted by atomic mass is 9.73. The smallest absolute Gasteiger partial charge is 0.167 e. The maximum atomic E-state index is 10.0. The first-order valence-corrected chi connectivity index (χ1v) is 10.5. The van der Waals surface area contributed by atoms with Gasteiger partial charge in [-0.25, -0.2) is 9.97 Å². The maximum absolute atomic E-state index is 10.0. The van der Waals surface area contributed by atoms with Gasteiger partial charge in [0, 0.05) is 35.5 Å². The third kappa shape index (κ3) is 3.58. The third-order valence-electron chi connectivity index (χ3n) is 6.81. The summed E-state index contributed by atoms with van der Waals surface area (Å²) in [6.07, 6.45) is 3.69. The van der Waals surface area contributed by atoms with E-state index >= 15 is 0 Å². The topological polar surface area (TPSA) is 111 Å². The van der Waals surface area contributed by atoms with Gasteiger partial charge in [-0.05, 0) is 38.8 Å². The van der Waals surface area contributed by atoms with Gasteiger partial charge >= 0.3 is 0 Å². The van der Waals surface area contributed by atoms with Crippen molar-refractivity contribution in [2.75, 3.05) is 24.6 Å². The summed E-state index contributed by atoms with van der Waals surface area (Å²) in [5, 5.41) is 14.8. The number of anilines is 1. The Morgan fingerprint density at radius 2 is 2.03 bits per heavy atom. The molecule has 4 heterocycles. The summed E-state index contributed by atoms with van der Waals surface area (Å²) in [5.41, 5.74) is 10.2. The number of ether oxygens (including phenoxy) is 1. The molecule has 0 unspecified atom stereocenters. The first-order valence-electron chi connectivity index (χ1n) is 10.5. The summed E-state index contributed by atoms with van der Waals surface area (Å²) in [4.78, 5) is 11.9. The van der Waals surface area contributed by atoms with Crippen molar-refractivity contribution in [2.24, 2.45) is 11.1 Å². The Labute approximate surface area is 182 Å². The fourth-order valence-electron chi connectivity index (χ4n) is 4.82. The van der Waals surface area contributed by atoms with Crippen molar-refractivity contribution in [2.45, 2.75) is 52.9 Å².